The van der Waals surface area contributed by atoms with Crippen LogP contribution in [0.3, 0.4) is 0 Å². The highest BCUT2D eigenvalue weighted by atomic mass is 16.4. The number of pyridine rings is 2. The van der Waals surface area contributed by atoms with Gasteiger partial charge in [0.15, 0.2) is 0 Å². The minimum atomic E-state index is -0.911. The summed E-state index contributed by atoms with van der Waals surface area (Å²) < 4.78 is 0. The number of rotatable bonds is 4. The van der Waals surface area contributed by atoms with E-state index in [9.17, 15) is 4.79 Å². The summed E-state index contributed by atoms with van der Waals surface area (Å²) in [5.41, 5.74) is 11.0. The van der Waals surface area contributed by atoms with Crippen LogP contribution in [0.25, 0.3) is 32.4 Å². The first kappa shape index (κ1) is 34.3. The largest absolute Gasteiger partial charge is 0.478 e. The fourth-order valence-corrected chi connectivity index (χ4v) is 8.81. The van der Waals surface area contributed by atoms with Gasteiger partial charge in [0, 0.05) is 49.6 Å². The Balaban J connectivity index is 0.000000259. The second kappa shape index (κ2) is 14.0. The monoisotopic (exact) mass is 698 g/mol. The van der Waals surface area contributed by atoms with E-state index in [0.29, 0.717) is 11.5 Å². The molecule has 1 aliphatic heterocycles. The Morgan fingerprint density at radius 2 is 1.53 bits per heavy atom. The SMILES string of the molecule is Cc1ccc(N2CCN(c3cncc(C4Cc5ccc6c(ccc7ccccc76)c5C(C)(C)C4)c3)CC2)c(C)c1.O=C(O)c1ccc2ncccc2c1. The second-order valence-electron chi connectivity index (χ2n) is 15.4. The van der Waals surface area contributed by atoms with Crippen LogP contribution in [-0.2, 0) is 11.8 Å². The van der Waals surface area contributed by atoms with Crippen LogP contribution < -0.4 is 9.80 Å². The molecule has 1 N–H and O–H groups in total. The van der Waals surface area contributed by atoms with Gasteiger partial charge >= 0.3 is 5.97 Å². The quantitative estimate of drug-likeness (QED) is 0.185. The molecule has 3 heterocycles. The number of aryl methyl sites for hydroxylation is 2. The minimum Gasteiger partial charge on any atom is -0.478 e. The highest BCUT2D eigenvalue weighted by Gasteiger charge is 2.35. The van der Waals surface area contributed by atoms with Gasteiger partial charge in [-0.2, -0.15) is 0 Å². The molecular formula is C47H46N4O2. The number of benzene rings is 5. The second-order valence-corrected chi connectivity index (χ2v) is 15.4. The molecule has 0 radical (unpaired) electrons. The molecule has 2 aliphatic rings. The summed E-state index contributed by atoms with van der Waals surface area (Å²) in [7, 11) is 0. The number of carboxylic acids is 1. The van der Waals surface area contributed by atoms with Crippen molar-refractivity contribution in [2.45, 2.75) is 51.9 Å². The number of fused-ring (bicyclic) bond motifs is 6. The Kier molecular flexibility index (Phi) is 9.07. The average Bonchev–Trinajstić information content (AvgIpc) is 3.17. The van der Waals surface area contributed by atoms with E-state index in [1.807, 2.05) is 6.07 Å². The lowest BCUT2D eigenvalue weighted by molar-refractivity contribution is 0.0697. The van der Waals surface area contributed by atoms with Crippen LogP contribution in [0.5, 0.6) is 0 Å². The van der Waals surface area contributed by atoms with Crippen molar-refractivity contribution in [3.8, 4) is 0 Å². The molecule has 7 aromatic rings. The molecule has 266 valence electrons. The fourth-order valence-electron chi connectivity index (χ4n) is 8.81. The number of anilines is 2. The molecule has 1 fully saturated rings. The third-order valence-corrected chi connectivity index (χ3v) is 11.3. The first-order valence-corrected chi connectivity index (χ1v) is 18.7. The Morgan fingerprint density at radius 1 is 0.755 bits per heavy atom. The van der Waals surface area contributed by atoms with Crippen LogP contribution in [0.4, 0.5) is 11.4 Å². The minimum absolute atomic E-state index is 0.0910. The van der Waals surface area contributed by atoms with E-state index in [0.717, 1.165) is 49.9 Å². The molecule has 0 spiro atoms. The van der Waals surface area contributed by atoms with E-state index in [1.54, 1.807) is 36.0 Å². The van der Waals surface area contributed by atoms with Crippen molar-refractivity contribution in [2.75, 3.05) is 36.0 Å². The zero-order valence-electron chi connectivity index (χ0n) is 31.0. The van der Waals surface area contributed by atoms with Gasteiger partial charge in [-0.1, -0.05) is 86.1 Å². The first-order valence-electron chi connectivity index (χ1n) is 18.7. The lowest BCUT2D eigenvalue weighted by Gasteiger charge is -2.40. The molecule has 1 atom stereocenters. The van der Waals surface area contributed by atoms with Crippen LogP contribution in [0, 0.1) is 13.8 Å². The van der Waals surface area contributed by atoms with Crippen molar-refractivity contribution in [1.82, 2.24) is 9.97 Å². The highest BCUT2D eigenvalue weighted by Crippen LogP contribution is 2.47. The van der Waals surface area contributed by atoms with Crippen LogP contribution in [0.15, 0.2) is 122 Å². The van der Waals surface area contributed by atoms with Crippen molar-refractivity contribution in [3.63, 3.8) is 0 Å². The first-order chi connectivity index (χ1) is 25.6. The molecule has 6 heteroatoms. The highest BCUT2D eigenvalue weighted by molar-refractivity contribution is 6.09. The summed E-state index contributed by atoms with van der Waals surface area (Å²) in [5.74, 6) is -0.435. The molecule has 6 nitrogen and oxygen atoms in total. The molecule has 1 unspecified atom stereocenters. The Hall–Kier alpha value is -5.75. The van der Waals surface area contributed by atoms with Crippen molar-refractivity contribution < 1.29 is 9.90 Å². The molecule has 1 aliphatic carbocycles. The van der Waals surface area contributed by atoms with E-state index >= 15 is 0 Å². The van der Waals surface area contributed by atoms with Crippen molar-refractivity contribution in [3.05, 3.63) is 155 Å². The van der Waals surface area contributed by atoms with E-state index in [2.05, 4.69) is 128 Å². The molecule has 1 saturated heterocycles. The number of aromatic nitrogens is 2. The van der Waals surface area contributed by atoms with Gasteiger partial charge in [-0.15, -0.1) is 0 Å². The van der Waals surface area contributed by atoms with Gasteiger partial charge in [-0.05, 0) is 118 Å². The topological polar surface area (TPSA) is 69.6 Å². The molecule has 53 heavy (non-hydrogen) atoms. The van der Waals surface area contributed by atoms with E-state index in [-0.39, 0.29) is 5.41 Å². The lowest BCUT2D eigenvalue weighted by Crippen LogP contribution is -2.46. The summed E-state index contributed by atoms with van der Waals surface area (Å²) in [6.45, 7) is 13.4. The predicted octanol–water partition coefficient (Wildman–Crippen LogP) is 10.3. The number of aromatic carboxylic acids is 1. The number of hydrogen-bond donors (Lipinski definition) is 1. The van der Waals surface area contributed by atoms with Crippen LogP contribution in [0.2, 0.25) is 0 Å². The maximum atomic E-state index is 10.6. The van der Waals surface area contributed by atoms with Crippen molar-refractivity contribution in [1.29, 1.82) is 0 Å². The summed E-state index contributed by atoms with van der Waals surface area (Å²) >= 11 is 0. The Morgan fingerprint density at radius 3 is 2.34 bits per heavy atom. The van der Waals surface area contributed by atoms with Gasteiger partial charge in [-0.3, -0.25) is 9.97 Å². The normalized spacial score (nSPS) is 16.6. The number of carbonyl (C=O) groups is 1. The van der Waals surface area contributed by atoms with Gasteiger partial charge < -0.3 is 14.9 Å². The van der Waals surface area contributed by atoms with Crippen molar-refractivity contribution in [2.24, 2.45) is 0 Å². The lowest BCUT2D eigenvalue weighted by atomic mass is 9.65. The Bertz CT molecular complexity index is 2480. The summed E-state index contributed by atoms with van der Waals surface area (Å²) in [6.07, 6.45) is 8.08. The van der Waals surface area contributed by atoms with Crippen LogP contribution in [-0.4, -0.2) is 47.2 Å². The number of nitrogens with zero attached hydrogens (tertiary/aromatic N) is 4. The molecule has 2 aromatic heterocycles. The number of hydrogen-bond acceptors (Lipinski definition) is 5. The fraction of sp³-hybridized carbons (Fsp3) is 0.255. The van der Waals surface area contributed by atoms with Crippen LogP contribution >= 0.6 is 0 Å². The summed E-state index contributed by atoms with van der Waals surface area (Å²) in [4.78, 5) is 24.5. The zero-order valence-corrected chi connectivity index (χ0v) is 31.0. The van der Waals surface area contributed by atoms with Gasteiger partial charge in [-0.25, -0.2) is 4.79 Å². The van der Waals surface area contributed by atoms with Crippen molar-refractivity contribution >= 4 is 49.8 Å². The van der Waals surface area contributed by atoms with E-state index < -0.39 is 5.97 Å². The van der Waals surface area contributed by atoms with Crippen LogP contribution in [0.1, 0.15) is 64.4 Å². The Labute approximate surface area is 311 Å². The standard InChI is InChI=1S/C37H39N3.C10H7NO2/c1-25-9-14-35(26(2)19-25)40-17-15-39(16-18-40)31-21-30(23-38-24-31)29-20-28-11-12-33-32-8-6-5-7-27(32)10-13-34(33)36(28)37(3,4)22-29;12-10(13)8-3-4-9-7(6-8)2-1-5-11-9/h5-14,19,21,23-24,29H,15-18,20,22H2,1-4H3;1-6H,(H,12,13). The third kappa shape index (κ3) is 6.82. The average molecular weight is 699 g/mol. The van der Waals surface area contributed by atoms with Gasteiger partial charge in [0.05, 0.1) is 23.0 Å². The molecule has 0 bridgehead atoms. The van der Waals surface area contributed by atoms with E-state index in [4.69, 9.17) is 10.1 Å². The molecule has 5 aromatic carbocycles. The molecule has 9 rings (SSSR count). The number of piperazine rings is 1. The van der Waals surface area contributed by atoms with E-state index in [1.165, 1.54) is 55.2 Å². The van der Waals surface area contributed by atoms with Gasteiger partial charge in [0.25, 0.3) is 0 Å². The maximum absolute atomic E-state index is 10.6. The van der Waals surface area contributed by atoms with Gasteiger partial charge in [0.2, 0.25) is 0 Å². The predicted molar refractivity (Wildman–Crippen MR) is 219 cm³/mol. The molecule has 0 amide bonds. The molecular weight excluding hydrogens is 653 g/mol. The number of carboxylic acid groups (broad SMARTS) is 1. The van der Waals surface area contributed by atoms with Gasteiger partial charge in [0.1, 0.15) is 0 Å². The summed E-state index contributed by atoms with van der Waals surface area (Å²) in [6, 6.07) is 36.0. The maximum Gasteiger partial charge on any atom is 0.335 e. The smallest absolute Gasteiger partial charge is 0.335 e. The summed E-state index contributed by atoms with van der Waals surface area (Å²) in [5, 5.41) is 15.1. The zero-order chi connectivity index (χ0) is 36.7. The molecule has 0 saturated carbocycles. The third-order valence-electron chi connectivity index (χ3n) is 11.3.